The molecule has 1 amide bonds. The number of carbonyl (C=O) groups excluding carboxylic acids is 1. The first-order valence-corrected chi connectivity index (χ1v) is 6.78. The Balaban J connectivity index is 1.97. The van der Waals surface area contributed by atoms with Gasteiger partial charge in [-0.1, -0.05) is 13.3 Å². The van der Waals surface area contributed by atoms with Crippen molar-refractivity contribution in [3.63, 3.8) is 0 Å². The van der Waals surface area contributed by atoms with Crippen molar-refractivity contribution in [1.82, 2.24) is 14.7 Å². The van der Waals surface area contributed by atoms with Gasteiger partial charge < -0.3 is 10.6 Å². The molecule has 1 unspecified atom stereocenters. The van der Waals surface area contributed by atoms with E-state index >= 15 is 0 Å². The summed E-state index contributed by atoms with van der Waals surface area (Å²) in [6.07, 6.45) is 9.01. The Labute approximate surface area is 108 Å². The summed E-state index contributed by atoms with van der Waals surface area (Å²) in [6.45, 7) is 3.36. The Morgan fingerprint density at radius 1 is 1.56 bits per heavy atom. The van der Waals surface area contributed by atoms with Crippen molar-refractivity contribution in [2.45, 2.75) is 51.6 Å². The minimum absolute atomic E-state index is 0.163. The Morgan fingerprint density at radius 3 is 3.06 bits per heavy atom. The van der Waals surface area contributed by atoms with Gasteiger partial charge in [-0.2, -0.15) is 5.10 Å². The topological polar surface area (TPSA) is 64.2 Å². The molecule has 18 heavy (non-hydrogen) atoms. The van der Waals surface area contributed by atoms with E-state index in [4.69, 9.17) is 5.73 Å². The fourth-order valence-corrected chi connectivity index (χ4v) is 2.66. The third-order valence-electron chi connectivity index (χ3n) is 3.52. The molecule has 0 radical (unpaired) electrons. The molecule has 5 nitrogen and oxygen atoms in total. The summed E-state index contributed by atoms with van der Waals surface area (Å²) in [5, 5.41) is 4.07. The number of likely N-dealkylation sites (tertiary alicyclic amines) is 1. The smallest absolute Gasteiger partial charge is 0.244 e. The second-order valence-corrected chi connectivity index (χ2v) is 5.00. The van der Waals surface area contributed by atoms with Gasteiger partial charge in [-0.3, -0.25) is 9.48 Å². The average Bonchev–Trinajstić information content (AvgIpc) is 2.76. The first kappa shape index (κ1) is 12.9. The minimum atomic E-state index is 0.163. The van der Waals surface area contributed by atoms with E-state index in [1.54, 1.807) is 17.1 Å². The Bertz CT molecular complexity index is 399. The number of nitrogen functional groups attached to an aromatic ring is 1. The predicted octanol–water partition coefficient (Wildman–Crippen LogP) is 1.65. The van der Waals surface area contributed by atoms with Crippen molar-refractivity contribution in [2.24, 2.45) is 0 Å². The molecule has 1 saturated heterocycles. The first-order valence-electron chi connectivity index (χ1n) is 6.78. The third kappa shape index (κ3) is 3.03. The Kier molecular flexibility index (Phi) is 4.23. The van der Waals surface area contributed by atoms with Crippen LogP contribution in [0.15, 0.2) is 12.4 Å². The van der Waals surface area contributed by atoms with Crippen LogP contribution in [0.5, 0.6) is 0 Å². The number of amides is 1. The second kappa shape index (κ2) is 5.89. The van der Waals surface area contributed by atoms with Crippen LogP contribution in [0.1, 0.15) is 39.0 Å². The summed E-state index contributed by atoms with van der Waals surface area (Å²) in [5.74, 6) is 0.163. The van der Waals surface area contributed by atoms with Crippen LogP contribution >= 0.6 is 0 Å². The number of nitrogens with two attached hydrogens (primary N) is 1. The molecule has 0 saturated carbocycles. The molecule has 0 bridgehead atoms. The van der Waals surface area contributed by atoms with Crippen LogP contribution in [-0.2, 0) is 11.3 Å². The zero-order valence-corrected chi connectivity index (χ0v) is 11.0. The van der Waals surface area contributed by atoms with E-state index < -0.39 is 0 Å². The quantitative estimate of drug-likeness (QED) is 0.883. The molecule has 1 fully saturated rings. The third-order valence-corrected chi connectivity index (χ3v) is 3.52. The van der Waals surface area contributed by atoms with Crippen LogP contribution in [0.4, 0.5) is 5.69 Å². The summed E-state index contributed by atoms with van der Waals surface area (Å²) in [7, 11) is 0. The molecular weight excluding hydrogens is 228 g/mol. The lowest BCUT2D eigenvalue weighted by Gasteiger charge is -2.35. The number of aromatic nitrogens is 2. The SMILES string of the molecule is CCCC1CCCCN1C(=O)Cn1cc(N)cn1. The first-order chi connectivity index (χ1) is 8.70. The minimum Gasteiger partial charge on any atom is -0.396 e. The summed E-state index contributed by atoms with van der Waals surface area (Å²) >= 11 is 0. The van der Waals surface area contributed by atoms with Gasteiger partial charge in [-0.25, -0.2) is 0 Å². The van der Waals surface area contributed by atoms with Crippen molar-refractivity contribution < 1.29 is 4.79 Å². The molecule has 1 aromatic rings. The molecule has 2 heterocycles. The highest BCUT2D eigenvalue weighted by Gasteiger charge is 2.25. The number of hydrogen-bond donors (Lipinski definition) is 1. The fourth-order valence-electron chi connectivity index (χ4n) is 2.66. The fraction of sp³-hybridized carbons (Fsp3) is 0.692. The van der Waals surface area contributed by atoms with Crippen molar-refractivity contribution in [2.75, 3.05) is 12.3 Å². The summed E-state index contributed by atoms with van der Waals surface area (Å²) in [4.78, 5) is 14.3. The zero-order chi connectivity index (χ0) is 13.0. The van der Waals surface area contributed by atoms with Gasteiger partial charge in [-0.05, 0) is 25.7 Å². The summed E-state index contributed by atoms with van der Waals surface area (Å²) < 4.78 is 1.62. The second-order valence-electron chi connectivity index (χ2n) is 5.00. The molecule has 0 aromatic carbocycles. The largest absolute Gasteiger partial charge is 0.396 e. The molecule has 5 heteroatoms. The van der Waals surface area contributed by atoms with Gasteiger partial charge in [0.25, 0.3) is 0 Å². The average molecular weight is 250 g/mol. The maximum atomic E-state index is 12.3. The molecule has 1 aliphatic heterocycles. The van der Waals surface area contributed by atoms with Gasteiger partial charge in [-0.15, -0.1) is 0 Å². The lowest BCUT2D eigenvalue weighted by atomic mass is 9.98. The van der Waals surface area contributed by atoms with E-state index in [1.807, 2.05) is 4.90 Å². The number of hydrogen-bond acceptors (Lipinski definition) is 3. The molecule has 2 rings (SSSR count). The van der Waals surface area contributed by atoms with E-state index in [0.29, 0.717) is 18.3 Å². The van der Waals surface area contributed by atoms with Gasteiger partial charge in [0.05, 0.1) is 11.9 Å². The van der Waals surface area contributed by atoms with Gasteiger partial charge >= 0.3 is 0 Å². The van der Waals surface area contributed by atoms with Crippen LogP contribution in [0.3, 0.4) is 0 Å². The zero-order valence-electron chi connectivity index (χ0n) is 11.0. The van der Waals surface area contributed by atoms with Gasteiger partial charge in [0.15, 0.2) is 0 Å². The summed E-state index contributed by atoms with van der Waals surface area (Å²) in [6, 6.07) is 0.421. The number of nitrogens with zero attached hydrogens (tertiary/aromatic N) is 3. The van der Waals surface area contributed by atoms with Crippen molar-refractivity contribution >= 4 is 11.6 Å². The van der Waals surface area contributed by atoms with Crippen LogP contribution in [-0.4, -0.2) is 33.2 Å². The molecule has 1 aliphatic rings. The van der Waals surface area contributed by atoms with Crippen molar-refractivity contribution in [1.29, 1.82) is 0 Å². The van der Waals surface area contributed by atoms with Gasteiger partial charge in [0.1, 0.15) is 6.54 Å². The summed E-state index contributed by atoms with van der Waals surface area (Å²) in [5.41, 5.74) is 6.20. The molecule has 2 N–H and O–H groups in total. The van der Waals surface area contributed by atoms with Crippen LogP contribution in [0.2, 0.25) is 0 Å². The predicted molar refractivity (Wildman–Crippen MR) is 70.9 cm³/mol. The lowest BCUT2D eigenvalue weighted by molar-refractivity contribution is -0.135. The Morgan fingerprint density at radius 2 is 2.39 bits per heavy atom. The van der Waals surface area contributed by atoms with Crippen LogP contribution < -0.4 is 5.73 Å². The monoisotopic (exact) mass is 250 g/mol. The van der Waals surface area contributed by atoms with E-state index in [9.17, 15) is 4.79 Å². The van der Waals surface area contributed by atoms with E-state index in [2.05, 4.69) is 12.0 Å². The number of anilines is 1. The van der Waals surface area contributed by atoms with E-state index in [-0.39, 0.29) is 5.91 Å². The van der Waals surface area contributed by atoms with Crippen LogP contribution in [0.25, 0.3) is 0 Å². The molecule has 0 aliphatic carbocycles. The molecule has 1 aromatic heterocycles. The molecular formula is C13H22N4O. The molecule has 100 valence electrons. The molecule has 0 spiro atoms. The Hall–Kier alpha value is -1.52. The van der Waals surface area contributed by atoms with Gasteiger partial charge in [0, 0.05) is 18.8 Å². The maximum absolute atomic E-state index is 12.3. The standard InChI is InChI=1S/C13H22N4O/c1-2-5-12-6-3-4-7-17(12)13(18)10-16-9-11(14)8-15-16/h8-9,12H,2-7,10,14H2,1H3. The normalized spacial score (nSPS) is 20.1. The highest BCUT2D eigenvalue weighted by atomic mass is 16.2. The lowest BCUT2D eigenvalue weighted by Crippen LogP contribution is -2.45. The highest BCUT2D eigenvalue weighted by Crippen LogP contribution is 2.21. The van der Waals surface area contributed by atoms with Crippen molar-refractivity contribution in [3.8, 4) is 0 Å². The maximum Gasteiger partial charge on any atom is 0.244 e. The van der Waals surface area contributed by atoms with E-state index in [1.165, 1.54) is 6.42 Å². The number of rotatable bonds is 4. The number of carbonyl (C=O) groups is 1. The van der Waals surface area contributed by atoms with Crippen LogP contribution in [0, 0.1) is 0 Å². The van der Waals surface area contributed by atoms with Crippen molar-refractivity contribution in [3.05, 3.63) is 12.4 Å². The van der Waals surface area contributed by atoms with Gasteiger partial charge in [0.2, 0.25) is 5.91 Å². The molecule has 1 atom stereocenters. The highest BCUT2D eigenvalue weighted by molar-refractivity contribution is 5.76. The number of piperidine rings is 1. The van der Waals surface area contributed by atoms with E-state index in [0.717, 1.165) is 32.2 Å².